The molecule has 1 atom stereocenters. The zero-order valence-electron chi connectivity index (χ0n) is 12.6. The lowest BCUT2D eigenvalue weighted by Gasteiger charge is -2.08. The van der Waals surface area contributed by atoms with E-state index in [2.05, 4.69) is 5.32 Å². The topological polar surface area (TPSA) is 75.6 Å². The highest BCUT2D eigenvalue weighted by Crippen LogP contribution is 2.15. The number of esters is 1. The summed E-state index contributed by atoms with van der Waals surface area (Å²) in [6, 6.07) is 7.53. The molecule has 0 aliphatic rings. The molecule has 0 spiro atoms. The first-order valence-corrected chi connectivity index (χ1v) is 7.22. The van der Waals surface area contributed by atoms with E-state index in [4.69, 9.17) is 9.84 Å². The second-order valence-electron chi connectivity index (χ2n) is 4.89. The predicted molar refractivity (Wildman–Crippen MR) is 80.1 cm³/mol. The van der Waals surface area contributed by atoms with Crippen LogP contribution in [-0.4, -0.2) is 30.2 Å². The fraction of sp³-hybridized carbons (Fsp3) is 0.500. The molecule has 116 valence electrons. The summed E-state index contributed by atoms with van der Waals surface area (Å²) < 4.78 is 4.85. The molecule has 5 nitrogen and oxygen atoms in total. The largest absolute Gasteiger partial charge is 0.481 e. The number of aliphatic carboxylic acids is 1. The molecule has 0 fully saturated rings. The summed E-state index contributed by atoms with van der Waals surface area (Å²) in [5, 5.41) is 12.2. The lowest BCUT2D eigenvalue weighted by atomic mass is 10.00. The Kier molecular flexibility index (Phi) is 7.46. The smallest absolute Gasteiger partial charge is 0.310 e. The van der Waals surface area contributed by atoms with Crippen molar-refractivity contribution in [3.8, 4) is 0 Å². The van der Waals surface area contributed by atoms with E-state index in [1.807, 2.05) is 24.3 Å². The molecular weight excluding hydrogens is 270 g/mol. The molecule has 1 unspecified atom stereocenters. The molecule has 0 aromatic heterocycles. The summed E-state index contributed by atoms with van der Waals surface area (Å²) in [5.74, 6) is -1.47. The molecule has 1 aromatic rings. The molecule has 21 heavy (non-hydrogen) atoms. The van der Waals surface area contributed by atoms with Gasteiger partial charge >= 0.3 is 11.9 Å². The van der Waals surface area contributed by atoms with Gasteiger partial charge in [-0.15, -0.1) is 0 Å². The number of rotatable bonds is 9. The molecule has 1 rings (SSSR count). The third-order valence-corrected chi connectivity index (χ3v) is 3.22. The molecule has 0 radical (unpaired) electrons. The number of hydrogen-bond acceptors (Lipinski definition) is 4. The van der Waals surface area contributed by atoms with Gasteiger partial charge in [-0.1, -0.05) is 24.3 Å². The minimum atomic E-state index is -0.820. The second kappa shape index (κ2) is 9.13. The van der Waals surface area contributed by atoms with Crippen LogP contribution in [0.5, 0.6) is 0 Å². The van der Waals surface area contributed by atoms with E-state index in [-0.39, 0.29) is 5.97 Å². The zero-order valence-corrected chi connectivity index (χ0v) is 12.6. The van der Waals surface area contributed by atoms with Crippen molar-refractivity contribution in [2.45, 2.75) is 39.2 Å². The number of hydrogen-bond donors (Lipinski definition) is 2. The number of nitrogens with one attached hydrogen (secondary N) is 1. The van der Waals surface area contributed by atoms with E-state index >= 15 is 0 Å². The van der Waals surface area contributed by atoms with Crippen molar-refractivity contribution in [3.63, 3.8) is 0 Å². The highest BCUT2D eigenvalue weighted by molar-refractivity contribution is 5.75. The van der Waals surface area contributed by atoms with Crippen molar-refractivity contribution in [1.29, 1.82) is 0 Å². The Bertz CT molecular complexity index is 456. The van der Waals surface area contributed by atoms with Crippen LogP contribution < -0.4 is 5.32 Å². The first-order chi connectivity index (χ1) is 10.0. The molecule has 0 saturated carbocycles. The van der Waals surface area contributed by atoms with Crippen LogP contribution in [0, 0.1) is 0 Å². The van der Waals surface area contributed by atoms with Crippen molar-refractivity contribution in [1.82, 2.24) is 5.32 Å². The maximum atomic E-state index is 11.1. The van der Waals surface area contributed by atoms with Crippen molar-refractivity contribution in [2.24, 2.45) is 0 Å². The van der Waals surface area contributed by atoms with Gasteiger partial charge < -0.3 is 15.2 Å². The zero-order chi connectivity index (χ0) is 15.7. The van der Waals surface area contributed by atoms with Gasteiger partial charge in [-0.3, -0.25) is 9.59 Å². The number of carboxylic acid groups (broad SMARTS) is 1. The molecule has 0 amide bonds. The summed E-state index contributed by atoms with van der Waals surface area (Å²) in [5.41, 5.74) is 1.89. The Balaban J connectivity index is 2.27. The molecule has 5 heteroatoms. The number of benzene rings is 1. The monoisotopic (exact) mass is 293 g/mol. The summed E-state index contributed by atoms with van der Waals surface area (Å²) in [6.45, 7) is 5.33. The predicted octanol–water partition coefficient (Wildman–Crippen LogP) is 2.31. The summed E-state index contributed by atoms with van der Waals surface area (Å²) >= 11 is 0. The number of carboxylic acids is 1. The molecule has 0 aliphatic carbocycles. The van der Waals surface area contributed by atoms with Gasteiger partial charge in [0, 0.05) is 13.0 Å². The van der Waals surface area contributed by atoms with Crippen molar-refractivity contribution >= 4 is 11.9 Å². The average Bonchev–Trinajstić information content (AvgIpc) is 2.47. The molecule has 0 saturated heterocycles. The molecule has 0 heterocycles. The third kappa shape index (κ3) is 6.40. The van der Waals surface area contributed by atoms with Gasteiger partial charge in [0.1, 0.15) is 0 Å². The Morgan fingerprint density at radius 1 is 1.29 bits per heavy atom. The van der Waals surface area contributed by atoms with E-state index in [0.717, 1.165) is 24.1 Å². The molecular formula is C16H23NO4. The second-order valence-corrected chi connectivity index (χ2v) is 4.89. The van der Waals surface area contributed by atoms with Crippen LogP contribution in [0.3, 0.4) is 0 Å². The third-order valence-electron chi connectivity index (χ3n) is 3.22. The van der Waals surface area contributed by atoms with E-state index in [9.17, 15) is 9.59 Å². The summed E-state index contributed by atoms with van der Waals surface area (Å²) in [6.07, 6.45) is 1.17. The normalized spacial score (nSPS) is 11.9. The molecule has 1 aromatic carbocycles. The fourth-order valence-electron chi connectivity index (χ4n) is 1.89. The first-order valence-electron chi connectivity index (χ1n) is 7.22. The van der Waals surface area contributed by atoms with Crippen LogP contribution >= 0.6 is 0 Å². The Morgan fingerprint density at radius 2 is 1.95 bits per heavy atom. The number of carbonyl (C=O) groups is 2. The fourth-order valence-corrected chi connectivity index (χ4v) is 1.89. The van der Waals surface area contributed by atoms with Crippen LogP contribution in [0.4, 0.5) is 0 Å². The number of carbonyl (C=O) groups excluding carboxylic acids is 1. The highest BCUT2D eigenvalue weighted by atomic mass is 16.5. The summed E-state index contributed by atoms with van der Waals surface area (Å²) in [7, 11) is 0. The van der Waals surface area contributed by atoms with E-state index < -0.39 is 11.9 Å². The van der Waals surface area contributed by atoms with Crippen LogP contribution in [0.2, 0.25) is 0 Å². The van der Waals surface area contributed by atoms with Gasteiger partial charge in [-0.05, 0) is 37.9 Å². The van der Waals surface area contributed by atoms with E-state index in [0.29, 0.717) is 19.6 Å². The molecule has 0 bridgehead atoms. The van der Waals surface area contributed by atoms with E-state index in [1.165, 1.54) is 0 Å². The highest BCUT2D eigenvalue weighted by Gasteiger charge is 2.12. The number of ether oxygens (including phenoxy) is 1. The molecule has 2 N–H and O–H groups in total. The van der Waals surface area contributed by atoms with Crippen molar-refractivity contribution in [3.05, 3.63) is 35.4 Å². The molecule has 0 aliphatic heterocycles. The van der Waals surface area contributed by atoms with Gasteiger partial charge in [-0.2, -0.15) is 0 Å². The Labute approximate surface area is 125 Å². The maximum absolute atomic E-state index is 11.1. The van der Waals surface area contributed by atoms with Gasteiger partial charge in [0.2, 0.25) is 0 Å². The Hall–Kier alpha value is -1.88. The van der Waals surface area contributed by atoms with Gasteiger partial charge in [0.15, 0.2) is 0 Å². The van der Waals surface area contributed by atoms with Gasteiger partial charge in [0.05, 0.1) is 12.5 Å². The van der Waals surface area contributed by atoms with Crippen molar-refractivity contribution in [2.75, 3.05) is 13.2 Å². The maximum Gasteiger partial charge on any atom is 0.310 e. The van der Waals surface area contributed by atoms with Crippen molar-refractivity contribution < 1.29 is 19.4 Å². The van der Waals surface area contributed by atoms with Crippen LogP contribution in [0.1, 0.15) is 43.7 Å². The van der Waals surface area contributed by atoms with Crippen LogP contribution in [-0.2, 0) is 20.9 Å². The van der Waals surface area contributed by atoms with Crippen LogP contribution in [0.25, 0.3) is 0 Å². The Morgan fingerprint density at radius 3 is 2.52 bits per heavy atom. The first kappa shape index (κ1) is 17.2. The minimum Gasteiger partial charge on any atom is -0.481 e. The van der Waals surface area contributed by atoms with Gasteiger partial charge in [0.25, 0.3) is 0 Å². The van der Waals surface area contributed by atoms with Gasteiger partial charge in [-0.25, -0.2) is 0 Å². The standard InChI is InChI=1S/C16H23NO4/c1-3-21-15(18)5-4-10-17-11-13-6-8-14(9-7-13)12(2)16(19)20/h6-9,12,17H,3-5,10-11H2,1-2H3,(H,19,20). The van der Waals surface area contributed by atoms with E-state index in [1.54, 1.807) is 13.8 Å². The average molecular weight is 293 g/mol. The summed E-state index contributed by atoms with van der Waals surface area (Å²) in [4.78, 5) is 22.0. The lowest BCUT2D eigenvalue weighted by molar-refractivity contribution is -0.143. The quantitative estimate of drug-likeness (QED) is 0.540. The lowest BCUT2D eigenvalue weighted by Crippen LogP contribution is -2.16. The van der Waals surface area contributed by atoms with Crippen LogP contribution in [0.15, 0.2) is 24.3 Å². The SMILES string of the molecule is CCOC(=O)CCCNCc1ccc(C(C)C(=O)O)cc1. The minimum absolute atomic E-state index is 0.161.